The Kier molecular flexibility index (Phi) is 13.4. The van der Waals surface area contributed by atoms with E-state index in [2.05, 4.69) is 5.32 Å². The fraction of sp³-hybridized carbons (Fsp3) is 0.297. The quantitative estimate of drug-likeness (QED) is 0.124. The van der Waals surface area contributed by atoms with Crippen LogP contribution in [0.4, 0.5) is 5.69 Å². The molecule has 0 bridgehead atoms. The summed E-state index contributed by atoms with van der Waals surface area (Å²) < 4.78 is 35.8. The number of sulfonamides is 1. The molecule has 0 saturated carbocycles. The van der Waals surface area contributed by atoms with Gasteiger partial charge in [-0.05, 0) is 86.2 Å². The topological polar surface area (TPSA) is 96.0 Å². The molecule has 0 aliphatic rings. The number of nitrogens with zero attached hydrogens (tertiary/aromatic N) is 2. The number of thioether (sulfide) groups is 1. The van der Waals surface area contributed by atoms with E-state index in [-0.39, 0.29) is 35.5 Å². The number of para-hydroxylation sites is 2. The van der Waals surface area contributed by atoms with Crippen molar-refractivity contribution in [2.24, 2.45) is 0 Å². The van der Waals surface area contributed by atoms with Gasteiger partial charge in [0.1, 0.15) is 18.3 Å². The first-order chi connectivity index (χ1) is 23.1. The van der Waals surface area contributed by atoms with Gasteiger partial charge in [0.05, 0.1) is 17.2 Å². The molecule has 0 aliphatic heterocycles. The molecule has 4 aromatic rings. The van der Waals surface area contributed by atoms with Crippen molar-refractivity contribution in [3.63, 3.8) is 0 Å². The van der Waals surface area contributed by atoms with Gasteiger partial charge in [-0.15, -0.1) is 11.8 Å². The maximum Gasteiger partial charge on any atom is 0.264 e. The van der Waals surface area contributed by atoms with Gasteiger partial charge in [-0.1, -0.05) is 73.1 Å². The van der Waals surface area contributed by atoms with Crippen molar-refractivity contribution in [2.45, 2.75) is 62.0 Å². The Morgan fingerprint density at radius 2 is 1.52 bits per heavy atom. The molecule has 0 aromatic heterocycles. The standard InChI is InChI=1S/C37H42ClN3O5S2/c1-5-27(3)39-37(43)34(24-28-12-8-7-9-13-28)40(25-29-16-18-30(38)19-17-29)36(42)26-41(33-14-10-11-15-35(33)46-6-2)48(44,45)32-22-20-31(47-4)21-23-32/h7-23,27,34H,5-6,24-26H2,1-4H3,(H,39,43). The third-order valence-corrected chi connectivity index (χ3v) is 10.7. The second-order valence-corrected chi connectivity index (χ2v) is 14.4. The zero-order valence-corrected chi connectivity index (χ0v) is 30.0. The minimum atomic E-state index is -4.28. The number of carbonyl (C=O) groups excluding carboxylic acids is 2. The van der Waals surface area contributed by atoms with Crippen LogP contribution in [0.25, 0.3) is 0 Å². The summed E-state index contributed by atoms with van der Waals surface area (Å²) in [5.74, 6) is -0.565. The number of hydrogen-bond acceptors (Lipinski definition) is 6. The highest BCUT2D eigenvalue weighted by Gasteiger charge is 2.35. The van der Waals surface area contributed by atoms with Gasteiger partial charge in [0.25, 0.3) is 10.0 Å². The predicted octanol–water partition coefficient (Wildman–Crippen LogP) is 7.21. The van der Waals surface area contributed by atoms with Gasteiger partial charge in [-0.2, -0.15) is 0 Å². The van der Waals surface area contributed by atoms with Gasteiger partial charge in [0.2, 0.25) is 11.8 Å². The number of amides is 2. The van der Waals surface area contributed by atoms with Gasteiger partial charge in [0, 0.05) is 28.9 Å². The molecule has 0 fully saturated rings. The molecule has 0 aliphatic carbocycles. The van der Waals surface area contributed by atoms with Gasteiger partial charge >= 0.3 is 0 Å². The third-order valence-electron chi connectivity index (χ3n) is 7.90. The van der Waals surface area contributed by atoms with E-state index in [0.717, 1.165) is 20.3 Å². The van der Waals surface area contributed by atoms with Crippen LogP contribution in [0, 0.1) is 0 Å². The van der Waals surface area contributed by atoms with Crippen LogP contribution in [0.1, 0.15) is 38.3 Å². The molecule has 2 atom stereocenters. The zero-order valence-electron chi connectivity index (χ0n) is 27.6. The SMILES string of the molecule is CCOc1ccccc1N(CC(=O)N(Cc1ccc(Cl)cc1)C(Cc1ccccc1)C(=O)NC(C)CC)S(=O)(=O)c1ccc(SC)cc1. The van der Waals surface area contributed by atoms with Gasteiger partial charge in [-0.3, -0.25) is 13.9 Å². The van der Waals surface area contributed by atoms with Gasteiger partial charge < -0.3 is 15.0 Å². The molecule has 2 amide bonds. The lowest BCUT2D eigenvalue weighted by atomic mass is 10.0. The molecule has 254 valence electrons. The van der Waals surface area contributed by atoms with E-state index in [1.165, 1.54) is 28.8 Å². The maximum atomic E-state index is 14.7. The van der Waals surface area contributed by atoms with E-state index < -0.39 is 28.5 Å². The Morgan fingerprint density at radius 1 is 0.875 bits per heavy atom. The van der Waals surface area contributed by atoms with Crippen molar-refractivity contribution < 1.29 is 22.7 Å². The molecular formula is C37H42ClN3O5S2. The highest BCUT2D eigenvalue weighted by atomic mass is 35.5. The summed E-state index contributed by atoms with van der Waals surface area (Å²) in [7, 11) is -4.28. The molecule has 4 rings (SSSR count). The first-order valence-corrected chi connectivity index (χ1v) is 18.9. The molecular weight excluding hydrogens is 666 g/mol. The lowest BCUT2D eigenvalue weighted by Crippen LogP contribution is -2.54. The van der Waals surface area contributed by atoms with E-state index in [1.54, 1.807) is 67.6 Å². The Bertz CT molecular complexity index is 1750. The molecule has 48 heavy (non-hydrogen) atoms. The van der Waals surface area contributed by atoms with Crippen molar-refractivity contribution in [3.05, 3.63) is 119 Å². The van der Waals surface area contributed by atoms with Crippen LogP contribution in [0.5, 0.6) is 5.75 Å². The lowest BCUT2D eigenvalue weighted by molar-refractivity contribution is -0.140. The van der Waals surface area contributed by atoms with E-state index in [1.807, 2.05) is 50.4 Å². The Balaban J connectivity index is 1.84. The second kappa shape index (κ2) is 17.4. The van der Waals surface area contributed by atoms with Crippen LogP contribution in [0.15, 0.2) is 113 Å². The highest BCUT2D eigenvalue weighted by molar-refractivity contribution is 7.98. The summed E-state index contributed by atoms with van der Waals surface area (Å²) in [6, 6.07) is 28.7. The van der Waals surface area contributed by atoms with Crippen molar-refractivity contribution >= 4 is 50.9 Å². The molecule has 8 nitrogen and oxygen atoms in total. The average molecular weight is 708 g/mol. The summed E-state index contributed by atoms with van der Waals surface area (Å²) in [5, 5.41) is 3.58. The fourth-order valence-electron chi connectivity index (χ4n) is 5.11. The van der Waals surface area contributed by atoms with E-state index in [4.69, 9.17) is 16.3 Å². The average Bonchev–Trinajstić information content (AvgIpc) is 3.10. The molecule has 0 spiro atoms. The van der Waals surface area contributed by atoms with E-state index in [9.17, 15) is 18.0 Å². The third kappa shape index (κ3) is 9.55. The van der Waals surface area contributed by atoms with E-state index in [0.29, 0.717) is 23.8 Å². The number of benzene rings is 4. The summed E-state index contributed by atoms with van der Waals surface area (Å²) in [4.78, 5) is 31.1. The number of hydrogen-bond donors (Lipinski definition) is 1. The van der Waals surface area contributed by atoms with Crippen molar-refractivity contribution in [1.82, 2.24) is 10.2 Å². The van der Waals surface area contributed by atoms with Gasteiger partial charge in [-0.25, -0.2) is 8.42 Å². The number of ether oxygens (including phenoxy) is 1. The number of nitrogens with one attached hydrogen (secondary N) is 1. The summed E-state index contributed by atoms with van der Waals surface area (Å²) in [6.07, 6.45) is 2.83. The fourth-order valence-corrected chi connectivity index (χ4v) is 7.07. The van der Waals surface area contributed by atoms with E-state index >= 15 is 0 Å². The molecule has 0 heterocycles. The molecule has 0 saturated heterocycles. The monoisotopic (exact) mass is 707 g/mol. The Labute approximate surface area is 293 Å². The maximum absolute atomic E-state index is 14.7. The van der Waals surface area contributed by atoms with Crippen LogP contribution in [-0.2, 0) is 32.6 Å². The zero-order chi connectivity index (χ0) is 34.7. The van der Waals surface area contributed by atoms with Crippen molar-refractivity contribution in [3.8, 4) is 5.75 Å². The van der Waals surface area contributed by atoms with Crippen LogP contribution in [-0.4, -0.2) is 56.6 Å². The highest BCUT2D eigenvalue weighted by Crippen LogP contribution is 2.33. The predicted molar refractivity (Wildman–Crippen MR) is 194 cm³/mol. The molecule has 0 radical (unpaired) electrons. The number of carbonyl (C=O) groups is 2. The Hall–Kier alpha value is -3.99. The molecule has 1 N–H and O–H groups in total. The summed E-state index contributed by atoms with van der Waals surface area (Å²) >= 11 is 7.67. The van der Waals surface area contributed by atoms with Crippen LogP contribution >= 0.6 is 23.4 Å². The lowest BCUT2D eigenvalue weighted by Gasteiger charge is -2.34. The summed E-state index contributed by atoms with van der Waals surface area (Å²) in [5.41, 5.74) is 1.81. The number of halogens is 1. The minimum Gasteiger partial charge on any atom is -0.492 e. The number of anilines is 1. The minimum absolute atomic E-state index is 0.0269. The first-order valence-electron chi connectivity index (χ1n) is 15.8. The van der Waals surface area contributed by atoms with Gasteiger partial charge in [0.15, 0.2) is 0 Å². The van der Waals surface area contributed by atoms with Crippen LogP contribution in [0.2, 0.25) is 5.02 Å². The molecule has 2 unspecified atom stereocenters. The largest absolute Gasteiger partial charge is 0.492 e. The number of rotatable bonds is 16. The van der Waals surface area contributed by atoms with Crippen LogP contribution < -0.4 is 14.4 Å². The van der Waals surface area contributed by atoms with Crippen molar-refractivity contribution in [1.29, 1.82) is 0 Å². The molecule has 11 heteroatoms. The molecule has 4 aromatic carbocycles. The van der Waals surface area contributed by atoms with Crippen LogP contribution in [0.3, 0.4) is 0 Å². The van der Waals surface area contributed by atoms with Crippen molar-refractivity contribution in [2.75, 3.05) is 23.7 Å². The summed E-state index contributed by atoms with van der Waals surface area (Å²) in [6.45, 7) is 5.44. The smallest absolute Gasteiger partial charge is 0.264 e. The Morgan fingerprint density at radius 3 is 2.15 bits per heavy atom. The second-order valence-electron chi connectivity index (χ2n) is 11.3. The normalized spacial score (nSPS) is 12.5. The first kappa shape index (κ1) is 36.8.